The molecule has 1 aromatic heterocycles. The Balaban J connectivity index is 2.22. The standard InChI is InChI=1S/C14H16N2O/c1-17-14-3-2-12(9-13(14)10-15)8-11-4-6-16-7-5-11/h2-7,9H,8,10,15H2,1H3. The molecular weight excluding hydrogens is 212 g/mol. The van der Waals surface area contributed by atoms with Crippen molar-refractivity contribution in [2.75, 3.05) is 7.11 Å². The van der Waals surface area contributed by atoms with E-state index < -0.39 is 0 Å². The van der Waals surface area contributed by atoms with E-state index in [9.17, 15) is 0 Å². The molecule has 0 aliphatic carbocycles. The average molecular weight is 228 g/mol. The molecule has 3 nitrogen and oxygen atoms in total. The van der Waals surface area contributed by atoms with Gasteiger partial charge in [0.05, 0.1) is 7.11 Å². The highest BCUT2D eigenvalue weighted by Gasteiger charge is 2.03. The number of rotatable bonds is 4. The average Bonchev–Trinajstić information content (AvgIpc) is 2.40. The lowest BCUT2D eigenvalue weighted by Gasteiger charge is -2.09. The first kappa shape index (κ1) is 11.6. The third kappa shape index (κ3) is 2.82. The molecule has 2 N–H and O–H groups in total. The van der Waals surface area contributed by atoms with Crippen LogP contribution in [0.2, 0.25) is 0 Å². The smallest absolute Gasteiger partial charge is 0.123 e. The molecule has 2 aromatic rings. The van der Waals surface area contributed by atoms with E-state index >= 15 is 0 Å². The van der Waals surface area contributed by atoms with E-state index in [1.54, 1.807) is 7.11 Å². The number of nitrogens with zero attached hydrogens (tertiary/aromatic N) is 1. The first-order chi connectivity index (χ1) is 8.33. The van der Waals surface area contributed by atoms with Gasteiger partial charge in [0, 0.05) is 24.5 Å². The molecule has 0 unspecified atom stereocenters. The van der Waals surface area contributed by atoms with Gasteiger partial charge >= 0.3 is 0 Å². The highest BCUT2D eigenvalue weighted by molar-refractivity contribution is 5.38. The Bertz CT molecular complexity index is 483. The van der Waals surface area contributed by atoms with Gasteiger partial charge in [0.15, 0.2) is 0 Å². The largest absolute Gasteiger partial charge is 0.496 e. The van der Waals surface area contributed by atoms with Crippen LogP contribution in [-0.4, -0.2) is 12.1 Å². The van der Waals surface area contributed by atoms with Crippen LogP contribution in [0.5, 0.6) is 5.75 Å². The molecule has 2 rings (SSSR count). The fourth-order valence-electron chi connectivity index (χ4n) is 1.84. The molecule has 0 bridgehead atoms. The highest BCUT2D eigenvalue weighted by Crippen LogP contribution is 2.20. The summed E-state index contributed by atoms with van der Waals surface area (Å²) >= 11 is 0. The zero-order valence-electron chi connectivity index (χ0n) is 9.89. The molecule has 0 atom stereocenters. The predicted molar refractivity (Wildman–Crippen MR) is 67.9 cm³/mol. The molecule has 0 aliphatic heterocycles. The van der Waals surface area contributed by atoms with Gasteiger partial charge < -0.3 is 10.5 Å². The summed E-state index contributed by atoms with van der Waals surface area (Å²) in [5.74, 6) is 0.853. The van der Waals surface area contributed by atoms with Crippen molar-refractivity contribution >= 4 is 0 Å². The van der Waals surface area contributed by atoms with E-state index in [1.807, 2.05) is 30.6 Å². The number of methoxy groups -OCH3 is 1. The molecule has 0 aliphatic rings. The third-order valence-corrected chi connectivity index (χ3v) is 2.72. The molecule has 0 radical (unpaired) electrons. The molecule has 3 heteroatoms. The zero-order chi connectivity index (χ0) is 12.1. The van der Waals surface area contributed by atoms with Crippen molar-refractivity contribution < 1.29 is 4.74 Å². The van der Waals surface area contributed by atoms with Crippen LogP contribution >= 0.6 is 0 Å². The van der Waals surface area contributed by atoms with Crippen LogP contribution in [-0.2, 0) is 13.0 Å². The summed E-state index contributed by atoms with van der Waals surface area (Å²) in [6.45, 7) is 0.493. The Morgan fingerprint density at radius 2 is 1.88 bits per heavy atom. The summed E-state index contributed by atoms with van der Waals surface area (Å²) in [7, 11) is 1.66. The van der Waals surface area contributed by atoms with E-state index in [2.05, 4.69) is 17.1 Å². The van der Waals surface area contributed by atoms with E-state index in [-0.39, 0.29) is 0 Å². The van der Waals surface area contributed by atoms with Gasteiger partial charge in [0.2, 0.25) is 0 Å². The van der Waals surface area contributed by atoms with Gasteiger partial charge in [-0.2, -0.15) is 0 Å². The van der Waals surface area contributed by atoms with E-state index in [0.29, 0.717) is 6.54 Å². The number of nitrogens with two attached hydrogens (primary N) is 1. The number of pyridine rings is 1. The maximum atomic E-state index is 5.70. The summed E-state index contributed by atoms with van der Waals surface area (Å²) in [4.78, 5) is 4.01. The molecule has 0 saturated heterocycles. The number of hydrogen-bond donors (Lipinski definition) is 1. The Kier molecular flexibility index (Phi) is 3.73. The normalized spacial score (nSPS) is 10.2. The monoisotopic (exact) mass is 228 g/mol. The van der Waals surface area contributed by atoms with E-state index in [4.69, 9.17) is 10.5 Å². The van der Waals surface area contributed by atoms with E-state index in [1.165, 1.54) is 11.1 Å². The van der Waals surface area contributed by atoms with Gasteiger partial charge in [-0.1, -0.05) is 12.1 Å². The lowest BCUT2D eigenvalue weighted by molar-refractivity contribution is 0.409. The summed E-state index contributed by atoms with van der Waals surface area (Å²) in [5, 5.41) is 0. The van der Waals surface area contributed by atoms with Gasteiger partial charge in [-0.15, -0.1) is 0 Å². The maximum absolute atomic E-state index is 5.70. The Labute approximate surface area is 101 Å². The number of hydrogen-bond acceptors (Lipinski definition) is 3. The fourth-order valence-corrected chi connectivity index (χ4v) is 1.84. The molecule has 0 amide bonds. The lowest BCUT2D eigenvalue weighted by atomic mass is 10.0. The van der Waals surface area contributed by atoms with Crippen molar-refractivity contribution in [2.45, 2.75) is 13.0 Å². The van der Waals surface area contributed by atoms with Crippen molar-refractivity contribution in [2.24, 2.45) is 5.73 Å². The van der Waals surface area contributed by atoms with Crippen LogP contribution in [0.3, 0.4) is 0 Å². The number of ether oxygens (including phenoxy) is 1. The molecule has 88 valence electrons. The van der Waals surface area contributed by atoms with Crippen molar-refractivity contribution in [1.29, 1.82) is 0 Å². The predicted octanol–water partition coefficient (Wildman–Crippen LogP) is 2.14. The van der Waals surface area contributed by atoms with Gasteiger partial charge in [-0.25, -0.2) is 0 Å². The van der Waals surface area contributed by atoms with Gasteiger partial charge in [-0.05, 0) is 35.7 Å². The van der Waals surface area contributed by atoms with Gasteiger partial charge in [0.1, 0.15) is 5.75 Å². The lowest BCUT2D eigenvalue weighted by Crippen LogP contribution is -2.01. The summed E-state index contributed by atoms with van der Waals surface area (Å²) in [5.41, 5.74) is 9.22. The van der Waals surface area contributed by atoms with Crippen molar-refractivity contribution in [3.8, 4) is 5.75 Å². The van der Waals surface area contributed by atoms with Crippen LogP contribution in [0.25, 0.3) is 0 Å². The summed E-state index contributed by atoms with van der Waals surface area (Å²) in [6.07, 6.45) is 4.50. The Hall–Kier alpha value is -1.87. The minimum absolute atomic E-state index is 0.493. The molecule has 1 aromatic carbocycles. The second kappa shape index (κ2) is 5.46. The fraction of sp³-hybridized carbons (Fsp3) is 0.214. The number of benzene rings is 1. The third-order valence-electron chi connectivity index (χ3n) is 2.72. The Morgan fingerprint density at radius 1 is 1.12 bits per heavy atom. The topological polar surface area (TPSA) is 48.1 Å². The maximum Gasteiger partial charge on any atom is 0.123 e. The second-order valence-electron chi connectivity index (χ2n) is 3.88. The quantitative estimate of drug-likeness (QED) is 0.872. The molecular formula is C14H16N2O. The van der Waals surface area contributed by atoms with Gasteiger partial charge in [0.25, 0.3) is 0 Å². The minimum atomic E-state index is 0.493. The first-order valence-electron chi connectivity index (χ1n) is 5.58. The second-order valence-corrected chi connectivity index (χ2v) is 3.88. The van der Waals surface area contributed by atoms with Crippen molar-refractivity contribution in [1.82, 2.24) is 4.98 Å². The Morgan fingerprint density at radius 3 is 2.53 bits per heavy atom. The first-order valence-corrected chi connectivity index (χ1v) is 5.58. The highest BCUT2D eigenvalue weighted by atomic mass is 16.5. The minimum Gasteiger partial charge on any atom is -0.496 e. The summed E-state index contributed by atoms with van der Waals surface area (Å²) in [6, 6.07) is 10.2. The number of aromatic nitrogens is 1. The van der Waals surface area contributed by atoms with Crippen LogP contribution < -0.4 is 10.5 Å². The zero-order valence-corrected chi connectivity index (χ0v) is 9.89. The summed E-state index contributed by atoms with van der Waals surface area (Å²) < 4.78 is 5.25. The molecule has 0 saturated carbocycles. The molecule has 0 fully saturated rings. The van der Waals surface area contributed by atoms with Crippen LogP contribution in [0.15, 0.2) is 42.7 Å². The molecule has 1 heterocycles. The van der Waals surface area contributed by atoms with Crippen molar-refractivity contribution in [3.63, 3.8) is 0 Å². The van der Waals surface area contributed by atoms with Crippen LogP contribution in [0.4, 0.5) is 0 Å². The van der Waals surface area contributed by atoms with Crippen LogP contribution in [0, 0.1) is 0 Å². The SMILES string of the molecule is COc1ccc(Cc2ccncc2)cc1CN. The molecule has 17 heavy (non-hydrogen) atoms. The van der Waals surface area contributed by atoms with Crippen LogP contribution in [0.1, 0.15) is 16.7 Å². The van der Waals surface area contributed by atoms with Crippen molar-refractivity contribution in [3.05, 3.63) is 59.4 Å². The van der Waals surface area contributed by atoms with E-state index in [0.717, 1.165) is 17.7 Å². The van der Waals surface area contributed by atoms with Gasteiger partial charge in [-0.3, -0.25) is 4.98 Å². The molecule has 0 spiro atoms.